The van der Waals surface area contributed by atoms with E-state index in [-0.39, 0.29) is 16.7 Å². The minimum atomic E-state index is -3.77. The normalized spacial score (nSPS) is 15.3. The van der Waals surface area contributed by atoms with E-state index in [1.165, 1.54) is 7.11 Å². The molecule has 1 aliphatic heterocycles. The number of rotatable bonds is 11. The molecular formula is C28H32F2N2O4S. The molecule has 0 aromatic heterocycles. The molecule has 0 saturated carbocycles. The fourth-order valence-electron chi connectivity index (χ4n) is 4.73. The van der Waals surface area contributed by atoms with Crippen LogP contribution in [0.25, 0.3) is 0 Å². The summed E-state index contributed by atoms with van der Waals surface area (Å²) in [5.41, 5.74) is 1.76. The number of hydrogen-bond donors (Lipinski definition) is 0. The fourth-order valence-corrected chi connectivity index (χ4v) is 6.45. The maximum atomic E-state index is 13.8. The molecule has 0 radical (unpaired) electrons. The third-order valence-electron chi connectivity index (χ3n) is 6.66. The number of ether oxygens (including phenoxy) is 2. The summed E-state index contributed by atoms with van der Waals surface area (Å²) in [6, 6.07) is 23.0. The van der Waals surface area contributed by atoms with Crippen LogP contribution in [-0.4, -0.2) is 57.0 Å². The molecule has 0 atom stereocenters. The molecule has 0 amide bonds. The van der Waals surface area contributed by atoms with Gasteiger partial charge in [0.05, 0.1) is 12.0 Å². The average molecular weight is 531 g/mol. The van der Waals surface area contributed by atoms with Gasteiger partial charge in [0.15, 0.2) is 0 Å². The Kier molecular flexibility index (Phi) is 9.13. The zero-order valence-corrected chi connectivity index (χ0v) is 21.6. The molecule has 6 nitrogen and oxygen atoms in total. The van der Waals surface area contributed by atoms with E-state index in [1.807, 2.05) is 30.3 Å². The summed E-state index contributed by atoms with van der Waals surface area (Å²) in [7, 11) is -2.26. The fraction of sp³-hybridized carbons (Fsp3) is 0.357. The Hall–Kier alpha value is -3.01. The summed E-state index contributed by atoms with van der Waals surface area (Å²) in [6.07, 6.45) is 1.87. The van der Waals surface area contributed by atoms with Gasteiger partial charge in [-0.25, -0.2) is 8.42 Å². The average Bonchev–Trinajstić information content (AvgIpc) is 2.91. The van der Waals surface area contributed by atoms with Crippen LogP contribution >= 0.6 is 0 Å². The summed E-state index contributed by atoms with van der Waals surface area (Å²) in [5.74, 6) is 0.660. The van der Waals surface area contributed by atoms with Crippen molar-refractivity contribution in [2.45, 2.75) is 43.4 Å². The second-order valence-electron chi connectivity index (χ2n) is 9.02. The first-order chi connectivity index (χ1) is 17.9. The predicted molar refractivity (Wildman–Crippen MR) is 138 cm³/mol. The van der Waals surface area contributed by atoms with E-state index in [2.05, 4.69) is 9.64 Å². The highest BCUT2D eigenvalue weighted by atomic mass is 32.2. The predicted octanol–water partition coefficient (Wildman–Crippen LogP) is 5.19. The monoisotopic (exact) mass is 530 g/mol. The molecule has 1 heterocycles. The largest absolute Gasteiger partial charge is 0.497 e. The van der Waals surface area contributed by atoms with Crippen molar-refractivity contribution in [2.24, 2.45) is 0 Å². The van der Waals surface area contributed by atoms with Gasteiger partial charge in [0.2, 0.25) is 10.0 Å². The smallest absolute Gasteiger partial charge is 0.387 e. The van der Waals surface area contributed by atoms with E-state index in [1.54, 1.807) is 52.8 Å². The van der Waals surface area contributed by atoms with Crippen LogP contribution in [0.3, 0.4) is 0 Å². The molecule has 9 heteroatoms. The van der Waals surface area contributed by atoms with Gasteiger partial charge in [-0.15, -0.1) is 0 Å². The topological polar surface area (TPSA) is 59.1 Å². The number of likely N-dealkylation sites (tertiary alicyclic amines) is 1. The molecular weight excluding hydrogens is 498 g/mol. The van der Waals surface area contributed by atoms with Crippen LogP contribution < -0.4 is 9.47 Å². The Morgan fingerprint density at radius 1 is 0.973 bits per heavy atom. The zero-order valence-electron chi connectivity index (χ0n) is 20.8. The van der Waals surface area contributed by atoms with Gasteiger partial charge >= 0.3 is 6.61 Å². The van der Waals surface area contributed by atoms with Crippen LogP contribution in [0.2, 0.25) is 0 Å². The van der Waals surface area contributed by atoms with Crippen LogP contribution in [0.5, 0.6) is 11.5 Å². The number of methoxy groups -OCH3 is 1. The molecule has 3 aromatic rings. The molecule has 0 bridgehead atoms. The third-order valence-corrected chi connectivity index (χ3v) is 8.61. The molecule has 198 valence electrons. The van der Waals surface area contributed by atoms with Gasteiger partial charge in [0.25, 0.3) is 0 Å². The number of piperidine rings is 1. The molecule has 0 aliphatic carbocycles. The highest BCUT2D eigenvalue weighted by molar-refractivity contribution is 7.89. The van der Waals surface area contributed by atoms with Gasteiger partial charge in [0.1, 0.15) is 11.5 Å². The Labute approximate surface area is 217 Å². The summed E-state index contributed by atoms with van der Waals surface area (Å²) in [4.78, 5) is 2.36. The zero-order chi connectivity index (χ0) is 26.3. The number of hydrogen-bond acceptors (Lipinski definition) is 5. The first kappa shape index (κ1) is 27.0. The van der Waals surface area contributed by atoms with Crippen LogP contribution in [-0.2, 0) is 23.0 Å². The van der Waals surface area contributed by atoms with Gasteiger partial charge in [-0.05, 0) is 43.0 Å². The molecule has 4 rings (SSSR count). The van der Waals surface area contributed by atoms with Crippen molar-refractivity contribution in [1.82, 2.24) is 9.21 Å². The van der Waals surface area contributed by atoms with Crippen molar-refractivity contribution in [3.05, 3.63) is 90.0 Å². The van der Waals surface area contributed by atoms with Gasteiger partial charge in [-0.2, -0.15) is 13.1 Å². The number of sulfonamides is 1. The number of halogens is 2. The number of benzene rings is 3. The Morgan fingerprint density at radius 3 is 2.38 bits per heavy atom. The summed E-state index contributed by atoms with van der Waals surface area (Å²) in [5, 5.41) is 0. The summed E-state index contributed by atoms with van der Waals surface area (Å²) >= 11 is 0. The van der Waals surface area contributed by atoms with E-state index in [0.717, 1.165) is 5.56 Å². The van der Waals surface area contributed by atoms with E-state index < -0.39 is 16.6 Å². The highest BCUT2D eigenvalue weighted by Gasteiger charge is 2.34. The lowest BCUT2D eigenvalue weighted by atomic mass is 10.0. The third kappa shape index (κ3) is 7.06. The first-order valence-electron chi connectivity index (χ1n) is 12.3. The maximum Gasteiger partial charge on any atom is 0.387 e. The lowest BCUT2D eigenvalue weighted by Crippen LogP contribution is -2.47. The van der Waals surface area contributed by atoms with Gasteiger partial charge in [-0.1, -0.05) is 54.6 Å². The summed E-state index contributed by atoms with van der Waals surface area (Å²) in [6.45, 7) is -0.778. The molecule has 3 aromatic carbocycles. The first-order valence-corrected chi connectivity index (χ1v) is 13.8. The number of para-hydroxylation sites is 1. The van der Waals surface area contributed by atoms with Crippen molar-refractivity contribution in [1.29, 1.82) is 0 Å². The molecule has 0 spiro atoms. The number of alkyl halides is 2. The molecule has 37 heavy (non-hydrogen) atoms. The molecule has 1 fully saturated rings. The molecule has 1 aliphatic rings. The van der Waals surface area contributed by atoms with Gasteiger partial charge in [-0.3, -0.25) is 4.90 Å². The van der Waals surface area contributed by atoms with Gasteiger partial charge < -0.3 is 9.47 Å². The van der Waals surface area contributed by atoms with Crippen molar-refractivity contribution in [3.63, 3.8) is 0 Å². The van der Waals surface area contributed by atoms with Crippen LogP contribution in [0.15, 0.2) is 83.8 Å². The molecule has 0 unspecified atom stereocenters. The minimum absolute atomic E-state index is 0.171. The standard InChI is InChI=1S/C28H32F2N2O4S/c1-35-25-11-7-12-26(20-25)37(33,34)32(19-14-22-8-3-2-4-9-22)24-15-17-31(18-16-24)21-23-10-5-6-13-27(23)36-28(29)30/h2-13,20,24,28H,14-19,21H2,1H3. The molecule has 0 N–H and O–H groups in total. The SMILES string of the molecule is COc1cccc(S(=O)(=O)N(CCc2ccccc2)C2CCN(Cc3ccccc3OC(F)F)CC2)c1. The lowest BCUT2D eigenvalue weighted by molar-refractivity contribution is -0.0508. The minimum Gasteiger partial charge on any atom is -0.497 e. The van der Waals surface area contributed by atoms with Crippen LogP contribution in [0.4, 0.5) is 8.78 Å². The number of nitrogens with zero attached hydrogens (tertiary/aromatic N) is 2. The maximum absolute atomic E-state index is 13.8. The Bertz CT molecular complexity index is 1250. The van der Waals surface area contributed by atoms with Crippen LogP contribution in [0.1, 0.15) is 24.0 Å². The Balaban J connectivity index is 1.50. The Morgan fingerprint density at radius 2 is 1.68 bits per heavy atom. The van der Waals surface area contributed by atoms with Crippen molar-refractivity contribution < 1.29 is 26.7 Å². The van der Waals surface area contributed by atoms with E-state index in [0.29, 0.717) is 56.8 Å². The van der Waals surface area contributed by atoms with Crippen LogP contribution in [0, 0.1) is 0 Å². The highest BCUT2D eigenvalue weighted by Crippen LogP contribution is 2.29. The van der Waals surface area contributed by atoms with E-state index in [4.69, 9.17) is 4.74 Å². The lowest BCUT2D eigenvalue weighted by Gasteiger charge is -2.38. The van der Waals surface area contributed by atoms with E-state index >= 15 is 0 Å². The van der Waals surface area contributed by atoms with Crippen molar-refractivity contribution in [2.75, 3.05) is 26.7 Å². The second kappa shape index (κ2) is 12.5. The van der Waals surface area contributed by atoms with E-state index in [9.17, 15) is 17.2 Å². The second-order valence-corrected chi connectivity index (χ2v) is 10.9. The quantitative estimate of drug-likeness (QED) is 0.341. The van der Waals surface area contributed by atoms with Crippen molar-refractivity contribution in [3.8, 4) is 11.5 Å². The van der Waals surface area contributed by atoms with Crippen molar-refractivity contribution >= 4 is 10.0 Å². The summed E-state index contributed by atoms with van der Waals surface area (Å²) < 4.78 is 64.8. The van der Waals surface area contributed by atoms with Gasteiger partial charge in [0, 0.05) is 43.9 Å². The molecule has 1 saturated heterocycles.